The summed E-state index contributed by atoms with van der Waals surface area (Å²) in [7, 11) is 1.16. The SMILES string of the molecule is O=C(CCc1ccc(C(F)(F)F)cc1)c1ccc(S(=O)(=O)Cl)nc1. The second-order valence-electron chi connectivity index (χ2n) is 4.94. The fourth-order valence-corrected chi connectivity index (χ4v) is 2.64. The van der Waals surface area contributed by atoms with E-state index < -0.39 is 20.8 Å². The Morgan fingerprint density at radius 3 is 2.17 bits per heavy atom. The van der Waals surface area contributed by atoms with Gasteiger partial charge in [-0.2, -0.15) is 13.2 Å². The first-order valence-electron chi connectivity index (χ1n) is 6.67. The Morgan fingerprint density at radius 2 is 1.71 bits per heavy atom. The van der Waals surface area contributed by atoms with Gasteiger partial charge in [0.25, 0.3) is 9.05 Å². The number of nitrogens with zero attached hydrogens (tertiary/aromatic N) is 1. The normalized spacial score (nSPS) is 12.2. The summed E-state index contributed by atoms with van der Waals surface area (Å²) in [6, 6.07) is 6.96. The zero-order valence-electron chi connectivity index (χ0n) is 12.0. The van der Waals surface area contributed by atoms with Gasteiger partial charge in [-0.1, -0.05) is 12.1 Å². The molecule has 2 aromatic rings. The summed E-state index contributed by atoms with van der Waals surface area (Å²) >= 11 is 0. The Hall–Kier alpha value is -1.93. The minimum absolute atomic E-state index is 0.0556. The van der Waals surface area contributed by atoms with E-state index in [9.17, 15) is 26.4 Å². The van der Waals surface area contributed by atoms with E-state index >= 15 is 0 Å². The van der Waals surface area contributed by atoms with Gasteiger partial charge < -0.3 is 0 Å². The lowest BCUT2D eigenvalue weighted by Gasteiger charge is -2.07. The van der Waals surface area contributed by atoms with Crippen molar-refractivity contribution in [3.05, 3.63) is 59.3 Å². The zero-order chi connectivity index (χ0) is 18.0. The highest BCUT2D eigenvalue weighted by Gasteiger charge is 2.29. The maximum absolute atomic E-state index is 12.5. The van der Waals surface area contributed by atoms with Crippen LogP contribution in [0.3, 0.4) is 0 Å². The summed E-state index contributed by atoms with van der Waals surface area (Å²) in [5.41, 5.74) is 0.0369. The van der Waals surface area contributed by atoms with Crippen LogP contribution in [0.4, 0.5) is 13.2 Å². The summed E-state index contributed by atoms with van der Waals surface area (Å²) in [6.07, 6.45) is -2.98. The number of halogens is 4. The lowest BCUT2D eigenvalue weighted by molar-refractivity contribution is -0.137. The molecule has 24 heavy (non-hydrogen) atoms. The number of aryl methyl sites for hydroxylation is 1. The molecule has 0 aliphatic rings. The van der Waals surface area contributed by atoms with Crippen LogP contribution >= 0.6 is 10.7 Å². The number of hydrogen-bond acceptors (Lipinski definition) is 4. The van der Waals surface area contributed by atoms with E-state index in [1.54, 1.807) is 0 Å². The third kappa shape index (κ3) is 4.78. The number of carbonyl (C=O) groups excluding carboxylic acids is 1. The van der Waals surface area contributed by atoms with Gasteiger partial charge in [-0.25, -0.2) is 13.4 Å². The second-order valence-corrected chi connectivity index (χ2v) is 7.45. The Morgan fingerprint density at radius 1 is 1.08 bits per heavy atom. The van der Waals surface area contributed by atoms with Crippen LogP contribution in [0.5, 0.6) is 0 Å². The molecule has 0 saturated carbocycles. The van der Waals surface area contributed by atoms with Crippen LogP contribution in [0.2, 0.25) is 0 Å². The number of benzene rings is 1. The molecule has 1 aromatic heterocycles. The lowest BCUT2D eigenvalue weighted by atomic mass is 10.0. The van der Waals surface area contributed by atoms with E-state index in [2.05, 4.69) is 4.98 Å². The van der Waals surface area contributed by atoms with Crippen molar-refractivity contribution < 1.29 is 26.4 Å². The standard InChI is InChI=1S/C15H11ClF3NO3S/c16-24(22,23)14-8-4-11(9-20-14)13(21)7-3-10-1-5-12(6-2-10)15(17,18)19/h1-2,4-6,8-9H,3,7H2. The number of rotatable bonds is 5. The van der Waals surface area contributed by atoms with Crippen molar-refractivity contribution in [2.45, 2.75) is 24.0 Å². The smallest absolute Gasteiger partial charge is 0.294 e. The molecule has 0 bridgehead atoms. The average Bonchev–Trinajstić information content (AvgIpc) is 2.51. The lowest BCUT2D eigenvalue weighted by Crippen LogP contribution is -2.06. The van der Waals surface area contributed by atoms with Crippen LogP contribution in [0.1, 0.15) is 27.9 Å². The predicted octanol–water partition coefficient (Wildman–Crippen LogP) is 3.84. The Balaban J connectivity index is 2.00. The predicted molar refractivity (Wildman–Crippen MR) is 81.4 cm³/mol. The molecule has 9 heteroatoms. The molecule has 0 amide bonds. The molecule has 1 aromatic carbocycles. The van der Waals surface area contributed by atoms with Gasteiger partial charge in [0.1, 0.15) is 0 Å². The van der Waals surface area contributed by atoms with E-state index in [0.29, 0.717) is 5.56 Å². The first-order chi connectivity index (χ1) is 11.1. The van der Waals surface area contributed by atoms with Crippen molar-refractivity contribution in [1.82, 2.24) is 4.98 Å². The summed E-state index contributed by atoms with van der Waals surface area (Å²) in [5, 5.41) is -0.358. The van der Waals surface area contributed by atoms with Crippen molar-refractivity contribution in [2.75, 3.05) is 0 Å². The summed E-state index contributed by atoms with van der Waals surface area (Å²) in [6.45, 7) is 0. The number of Topliss-reactive ketones (excluding diaryl/α,β-unsaturated/α-hetero) is 1. The van der Waals surface area contributed by atoms with Crippen molar-refractivity contribution in [3.63, 3.8) is 0 Å². The largest absolute Gasteiger partial charge is 0.416 e. The molecule has 0 N–H and O–H groups in total. The Labute approximate surface area is 140 Å². The van der Waals surface area contributed by atoms with E-state index in [1.807, 2.05) is 0 Å². The molecule has 0 saturated heterocycles. The quantitative estimate of drug-likeness (QED) is 0.586. The number of pyridine rings is 1. The fourth-order valence-electron chi connectivity index (χ4n) is 1.95. The molecule has 0 atom stereocenters. The molecule has 128 valence electrons. The minimum atomic E-state index is -4.40. The van der Waals surface area contributed by atoms with Gasteiger partial charge in [0, 0.05) is 28.9 Å². The van der Waals surface area contributed by atoms with Gasteiger partial charge in [-0.05, 0) is 36.2 Å². The van der Waals surface area contributed by atoms with E-state index in [-0.39, 0.29) is 29.2 Å². The minimum Gasteiger partial charge on any atom is -0.294 e. The van der Waals surface area contributed by atoms with E-state index in [0.717, 1.165) is 24.4 Å². The van der Waals surface area contributed by atoms with Gasteiger partial charge in [-0.3, -0.25) is 4.79 Å². The fraction of sp³-hybridized carbons (Fsp3) is 0.200. The van der Waals surface area contributed by atoms with E-state index in [1.165, 1.54) is 18.2 Å². The maximum atomic E-state index is 12.5. The van der Waals surface area contributed by atoms with E-state index in [4.69, 9.17) is 10.7 Å². The van der Waals surface area contributed by atoms with Crippen molar-refractivity contribution in [2.24, 2.45) is 0 Å². The summed E-state index contributed by atoms with van der Waals surface area (Å²) in [5.74, 6) is -0.305. The Bertz CT molecular complexity index is 832. The molecule has 0 spiro atoms. The number of aromatic nitrogens is 1. The topological polar surface area (TPSA) is 64.1 Å². The molecule has 0 unspecified atom stereocenters. The molecule has 0 radical (unpaired) electrons. The highest BCUT2D eigenvalue weighted by Crippen LogP contribution is 2.29. The molecule has 0 aliphatic carbocycles. The number of alkyl halides is 3. The van der Waals surface area contributed by atoms with Crippen LogP contribution in [0.25, 0.3) is 0 Å². The molecular weight excluding hydrogens is 367 g/mol. The van der Waals surface area contributed by atoms with Crippen LogP contribution in [0.15, 0.2) is 47.6 Å². The van der Waals surface area contributed by atoms with Gasteiger partial charge in [0.05, 0.1) is 5.56 Å². The third-order valence-electron chi connectivity index (χ3n) is 3.23. The van der Waals surface area contributed by atoms with Crippen molar-refractivity contribution >= 4 is 25.5 Å². The molecular formula is C15H11ClF3NO3S. The first-order valence-corrected chi connectivity index (χ1v) is 8.98. The van der Waals surface area contributed by atoms with Crippen molar-refractivity contribution in [3.8, 4) is 0 Å². The summed E-state index contributed by atoms with van der Waals surface area (Å²) in [4.78, 5) is 15.6. The summed E-state index contributed by atoms with van der Waals surface area (Å²) < 4.78 is 59.5. The molecule has 1 heterocycles. The Kier molecular flexibility index (Phi) is 5.29. The van der Waals surface area contributed by atoms with Gasteiger partial charge in [-0.15, -0.1) is 0 Å². The molecule has 4 nitrogen and oxygen atoms in total. The number of hydrogen-bond donors (Lipinski definition) is 0. The van der Waals surface area contributed by atoms with Crippen molar-refractivity contribution in [1.29, 1.82) is 0 Å². The first kappa shape index (κ1) is 18.4. The molecule has 0 aliphatic heterocycles. The number of ketones is 1. The maximum Gasteiger partial charge on any atom is 0.416 e. The third-order valence-corrected chi connectivity index (χ3v) is 4.45. The van der Waals surface area contributed by atoms with Gasteiger partial charge in [0.2, 0.25) is 0 Å². The highest BCUT2D eigenvalue weighted by molar-refractivity contribution is 8.13. The molecule has 0 fully saturated rings. The monoisotopic (exact) mass is 377 g/mol. The van der Waals surface area contributed by atoms with Crippen LogP contribution < -0.4 is 0 Å². The van der Waals surface area contributed by atoms with Gasteiger partial charge in [0.15, 0.2) is 10.8 Å². The van der Waals surface area contributed by atoms with Gasteiger partial charge >= 0.3 is 6.18 Å². The van der Waals surface area contributed by atoms with Crippen LogP contribution in [-0.4, -0.2) is 19.2 Å². The zero-order valence-corrected chi connectivity index (χ0v) is 13.6. The number of carbonyl (C=O) groups is 1. The second kappa shape index (κ2) is 6.90. The van der Waals surface area contributed by atoms with Crippen LogP contribution in [0, 0.1) is 0 Å². The molecule has 2 rings (SSSR count). The highest BCUT2D eigenvalue weighted by atomic mass is 35.7. The average molecular weight is 378 g/mol. The van der Waals surface area contributed by atoms with Crippen LogP contribution in [-0.2, 0) is 21.6 Å².